The van der Waals surface area contributed by atoms with E-state index >= 15 is 0 Å². The minimum absolute atomic E-state index is 0.369. The Labute approximate surface area is 91.9 Å². The van der Waals surface area contributed by atoms with Crippen molar-refractivity contribution in [2.24, 2.45) is 0 Å². The van der Waals surface area contributed by atoms with Gasteiger partial charge in [0.05, 0.1) is 6.61 Å². The molecule has 84 valence electrons. The molecular formula is C13H20O2. The first-order chi connectivity index (χ1) is 7.11. The largest absolute Gasteiger partial charge is 0.508 e. The number of aryl methyl sites for hydroxylation is 1. The molecule has 2 heteroatoms. The van der Waals surface area contributed by atoms with Gasteiger partial charge in [-0.1, -0.05) is 13.8 Å². The molecule has 0 atom stereocenters. The summed E-state index contributed by atoms with van der Waals surface area (Å²) < 4.78 is 5.73. The third-order valence-corrected chi connectivity index (χ3v) is 2.72. The Kier molecular flexibility index (Phi) is 4.01. The van der Waals surface area contributed by atoms with Crippen molar-refractivity contribution in [2.45, 2.75) is 40.5 Å². The van der Waals surface area contributed by atoms with Crippen LogP contribution < -0.4 is 4.74 Å². The summed E-state index contributed by atoms with van der Waals surface area (Å²) in [5, 5.41) is 9.71. The first-order valence-electron chi connectivity index (χ1n) is 5.56. The summed E-state index contributed by atoms with van der Waals surface area (Å²) in [5.41, 5.74) is 3.06. The van der Waals surface area contributed by atoms with E-state index in [2.05, 4.69) is 13.8 Å². The molecule has 0 saturated heterocycles. The van der Waals surface area contributed by atoms with Gasteiger partial charge in [-0.05, 0) is 49.4 Å². The fourth-order valence-corrected chi connectivity index (χ4v) is 1.61. The van der Waals surface area contributed by atoms with Crippen LogP contribution in [-0.4, -0.2) is 11.7 Å². The van der Waals surface area contributed by atoms with Crippen LogP contribution >= 0.6 is 0 Å². The predicted octanol–water partition coefficient (Wildman–Crippen LogP) is 3.36. The molecule has 0 spiro atoms. The molecule has 0 amide bonds. The smallest absolute Gasteiger partial charge is 0.125 e. The summed E-state index contributed by atoms with van der Waals surface area (Å²) in [6.45, 7) is 8.82. The second-order valence-corrected chi connectivity index (χ2v) is 3.84. The number of benzene rings is 1. The lowest BCUT2D eigenvalue weighted by molar-refractivity contribution is 0.311. The maximum atomic E-state index is 9.71. The summed E-state index contributed by atoms with van der Waals surface area (Å²) in [5.74, 6) is 1.32. The average Bonchev–Trinajstić information content (AvgIpc) is 2.24. The zero-order valence-corrected chi connectivity index (χ0v) is 10.1. The fraction of sp³-hybridized carbons (Fsp3) is 0.538. The molecule has 1 aromatic rings. The van der Waals surface area contributed by atoms with Crippen LogP contribution in [0.3, 0.4) is 0 Å². The van der Waals surface area contributed by atoms with Gasteiger partial charge < -0.3 is 9.84 Å². The Morgan fingerprint density at radius 1 is 1.20 bits per heavy atom. The monoisotopic (exact) mass is 208 g/mol. The number of phenols is 1. The molecule has 1 N–H and O–H groups in total. The van der Waals surface area contributed by atoms with Crippen molar-refractivity contribution >= 4 is 0 Å². The lowest BCUT2D eigenvalue weighted by Crippen LogP contribution is -2.02. The van der Waals surface area contributed by atoms with E-state index in [0.29, 0.717) is 5.75 Å². The lowest BCUT2D eigenvalue weighted by atomic mass is 10.0. The topological polar surface area (TPSA) is 29.5 Å². The van der Waals surface area contributed by atoms with E-state index in [4.69, 9.17) is 4.74 Å². The van der Waals surface area contributed by atoms with Crippen LogP contribution in [0.5, 0.6) is 11.5 Å². The highest BCUT2D eigenvalue weighted by atomic mass is 16.5. The van der Waals surface area contributed by atoms with E-state index in [-0.39, 0.29) is 0 Å². The molecule has 0 aliphatic heterocycles. The van der Waals surface area contributed by atoms with Gasteiger partial charge in [0.1, 0.15) is 11.5 Å². The van der Waals surface area contributed by atoms with Crippen molar-refractivity contribution in [3.05, 3.63) is 22.8 Å². The predicted molar refractivity (Wildman–Crippen MR) is 62.7 cm³/mol. The summed E-state index contributed by atoms with van der Waals surface area (Å²) in [4.78, 5) is 0. The number of hydrogen-bond donors (Lipinski definition) is 1. The number of ether oxygens (including phenoxy) is 1. The average molecular weight is 208 g/mol. The van der Waals surface area contributed by atoms with E-state index in [1.807, 2.05) is 19.9 Å². The summed E-state index contributed by atoms with van der Waals surface area (Å²) in [7, 11) is 0. The molecule has 0 bridgehead atoms. The molecule has 2 nitrogen and oxygen atoms in total. The molecule has 0 aliphatic rings. The molecule has 0 heterocycles. The van der Waals surface area contributed by atoms with Crippen LogP contribution in [0.25, 0.3) is 0 Å². The van der Waals surface area contributed by atoms with Crippen LogP contribution in [0.15, 0.2) is 6.07 Å². The Morgan fingerprint density at radius 3 is 2.40 bits per heavy atom. The highest BCUT2D eigenvalue weighted by Crippen LogP contribution is 2.33. The van der Waals surface area contributed by atoms with Gasteiger partial charge in [-0.3, -0.25) is 0 Å². The number of phenolic OH excluding ortho intramolecular Hbond substituents is 1. The van der Waals surface area contributed by atoms with Gasteiger partial charge in [-0.2, -0.15) is 0 Å². The molecule has 0 saturated carbocycles. The van der Waals surface area contributed by atoms with Gasteiger partial charge in [-0.15, -0.1) is 0 Å². The second kappa shape index (κ2) is 5.06. The minimum Gasteiger partial charge on any atom is -0.508 e. The van der Waals surface area contributed by atoms with Gasteiger partial charge in [0.15, 0.2) is 0 Å². The van der Waals surface area contributed by atoms with Crippen molar-refractivity contribution in [2.75, 3.05) is 6.61 Å². The first-order valence-corrected chi connectivity index (χ1v) is 5.56. The first kappa shape index (κ1) is 11.9. The van der Waals surface area contributed by atoms with Crippen LogP contribution in [0.1, 0.15) is 37.0 Å². The SMILES string of the molecule is CCCOc1c(CC)cc(O)c(C)c1C. The van der Waals surface area contributed by atoms with Crippen LogP contribution in [0.2, 0.25) is 0 Å². The lowest BCUT2D eigenvalue weighted by Gasteiger charge is -2.15. The Hall–Kier alpha value is -1.18. The molecule has 0 aliphatic carbocycles. The molecule has 0 aromatic heterocycles. The highest BCUT2D eigenvalue weighted by Gasteiger charge is 2.11. The molecule has 1 rings (SSSR count). The molecule has 15 heavy (non-hydrogen) atoms. The molecule has 0 fully saturated rings. The summed E-state index contributed by atoms with van der Waals surface area (Å²) in [6, 6.07) is 1.81. The number of aromatic hydroxyl groups is 1. The van der Waals surface area contributed by atoms with E-state index in [0.717, 1.165) is 41.9 Å². The number of hydrogen-bond acceptors (Lipinski definition) is 2. The van der Waals surface area contributed by atoms with Gasteiger partial charge in [-0.25, -0.2) is 0 Å². The van der Waals surface area contributed by atoms with E-state index in [9.17, 15) is 5.11 Å². The van der Waals surface area contributed by atoms with E-state index < -0.39 is 0 Å². The van der Waals surface area contributed by atoms with Crippen molar-refractivity contribution in [3.8, 4) is 11.5 Å². The highest BCUT2D eigenvalue weighted by molar-refractivity contribution is 5.52. The van der Waals surface area contributed by atoms with E-state index in [1.54, 1.807) is 0 Å². The standard InChI is InChI=1S/C13H20O2/c1-5-7-15-13-10(4)9(3)12(14)8-11(13)6-2/h8,14H,5-7H2,1-4H3. The van der Waals surface area contributed by atoms with E-state index in [1.165, 1.54) is 0 Å². The third-order valence-electron chi connectivity index (χ3n) is 2.72. The van der Waals surface area contributed by atoms with Gasteiger partial charge in [0.2, 0.25) is 0 Å². The van der Waals surface area contributed by atoms with Crippen LogP contribution in [0, 0.1) is 13.8 Å². The maximum absolute atomic E-state index is 9.71. The third kappa shape index (κ3) is 2.44. The molecule has 0 radical (unpaired) electrons. The van der Waals surface area contributed by atoms with Crippen molar-refractivity contribution in [3.63, 3.8) is 0 Å². The van der Waals surface area contributed by atoms with Gasteiger partial charge in [0.25, 0.3) is 0 Å². The van der Waals surface area contributed by atoms with Crippen LogP contribution in [0.4, 0.5) is 0 Å². The van der Waals surface area contributed by atoms with Crippen molar-refractivity contribution in [1.29, 1.82) is 0 Å². The Morgan fingerprint density at radius 2 is 1.87 bits per heavy atom. The van der Waals surface area contributed by atoms with Gasteiger partial charge >= 0.3 is 0 Å². The van der Waals surface area contributed by atoms with Crippen molar-refractivity contribution in [1.82, 2.24) is 0 Å². The maximum Gasteiger partial charge on any atom is 0.125 e. The minimum atomic E-state index is 0.369. The second-order valence-electron chi connectivity index (χ2n) is 3.84. The normalized spacial score (nSPS) is 10.4. The summed E-state index contributed by atoms with van der Waals surface area (Å²) >= 11 is 0. The van der Waals surface area contributed by atoms with Crippen molar-refractivity contribution < 1.29 is 9.84 Å². The van der Waals surface area contributed by atoms with Gasteiger partial charge in [0, 0.05) is 0 Å². The Balaban J connectivity index is 3.15. The molecular weight excluding hydrogens is 188 g/mol. The zero-order valence-electron chi connectivity index (χ0n) is 10.1. The quantitative estimate of drug-likeness (QED) is 0.822. The van der Waals surface area contributed by atoms with Crippen LogP contribution in [-0.2, 0) is 6.42 Å². The zero-order chi connectivity index (χ0) is 11.4. The number of rotatable bonds is 4. The Bertz CT molecular complexity index is 343. The summed E-state index contributed by atoms with van der Waals surface area (Å²) in [6.07, 6.45) is 1.89. The molecule has 0 unspecified atom stereocenters. The fourth-order valence-electron chi connectivity index (χ4n) is 1.61. The molecule has 1 aromatic carbocycles.